The van der Waals surface area contributed by atoms with Crippen molar-refractivity contribution < 1.29 is 10.2 Å². The number of aromatic hydroxyl groups is 2. The van der Waals surface area contributed by atoms with Crippen LogP contribution in [0, 0.1) is 13.8 Å². The van der Waals surface area contributed by atoms with Gasteiger partial charge >= 0.3 is 0 Å². The van der Waals surface area contributed by atoms with Gasteiger partial charge in [0.05, 0.1) is 5.41 Å². The third kappa shape index (κ3) is 4.08. The second-order valence-electron chi connectivity index (χ2n) is 12.6. The standard InChI is InChI=1S/C43H30O2S2/c1-25-19-29(13-17-39(25)44)43(30-14-18-40(45)26(2)20-30)37-15-11-27(35-23-46-41-9-5-3-7-31(35)41)21-33(37)34-22-28(12-16-38(34)43)36-24-47-42-10-6-4-8-32(36)42/h3-24,44-45H,1-2H3. The van der Waals surface area contributed by atoms with Crippen molar-refractivity contribution in [1.82, 2.24) is 0 Å². The van der Waals surface area contributed by atoms with E-state index in [4.69, 9.17) is 0 Å². The maximum absolute atomic E-state index is 10.6. The van der Waals surface area contributed by atoms with Crippen molar-refractivity contribution in [2.75, 3.05) is 0 Å². The molecule has 2 aromatic heterocycles. The summed E-state index contributed by atoms with van der Waals surface area (Å²) in [5, 5.41) is 28.4. The van der Waals surface area contributed by atoms with E-state index in [1.807, 2.05) is 26.0 Å². The minimum atomic E-state index is -0.661. The molecule has 0 amide bonds. The van der Waals surface area contributed by atoms with E-state index in [-0.39, 0.29) is 11.5 Å². The third-order valence-electron chi connectivity index (χ3n) is 9.98. The van der Waals surface area contributed by atoms with Crippen LogP contribution >= 0.6 is 22.7 Å². The van der Waals surface area contributed by atoms with Crippen LogP contribution in [0.1, 0.15) is 33.4 Å². The van der Waals surface area contributed by atoms with Crippen LogP contribution in [0.3, 0.4) is 0 Å². The minimum Gasteiger partial charge on any atom is -0.508 e. The quantitative estimate of drug-likeness (QED) is 0.201. The molecule has 0 unspecified atom stereocenters. The fourth-order valence-electron chi connectivity index (χ4n) is 7.64. The van der Waals surface area contributed by atoms with Gasteiger partial charge in [0.25, 0.3) is 0 Å². The summed E-state index contributed by atoms with van der Waals surface area (Å²) >= 11 is 3.57. The smallest absolute Gasteiger partial charge is 0.118 e. The number of phenols is 2. The van der Waals surface area contributed by atoms with Gasteiger partial charge in [0, 0.05) is 31.3 Å². The molecule has 0 fully saturated rings. The highest BCUT2D eigenvalue weighted by Gasteiger charge is 2.46. The lowest BCUT2D eigenvalue weighted by Gasteiger charge is -2.34. The predicted molar refractivity (Wildman–Crippen MR) is 198 cm³/mol. The summed E-state index contributed by atoms with van der Waals surface area (Å²) in [7, 11) is 0. The van der Waals surface area contributed by atoms with Crippen LogP contribution in [-0.4, -0.2) is 10.2 Å². The normalized spacial score (nSPS) is 13.2. The van der Waals surface area contributed by atoms with E-state index in [9.17, 15) is 10.2 Å². The molecule has 2 N–H and O–H groups in total. The lowest BCUT2D eigenvalue weighted by atomic mass is 9.67. The van der Waals surface area contributed by atoms with E-state index in [1.54, 1.807) is 22.7 Å². The Morgan fingerprint density at radius 1 is 0.468 bits per heavy atom. The second-order valence-corrected chi connectivity index (χ2v) is 14.4. The Balaban J connectivity index is 1.38. The third-order valence-corrected chi connectivity index (χ3v) is 11.9. The number of hydrogen-bond donors (Lipinski definition) is 2. The van der Waals surface area contributed by atoms with Crippen molar-refractivity contribution in [3.8, 4) is 44.9 Å². The van der Waals surface area contributed by atoms with E-state index in [2.05, 4.69) is 120 Å². The molecule has 2 heterocycles. The van der Waals surface area contributed by atoms with Crippen LogP contribution in [0.2, 0.25) is 0 Å². The summed E-state index contributed by atoms with van der Waals surface area (Å²) in [5.74, 6) is 0.562. The van der Waals surface area contributed by atoms with Crippen LogP contribution in [0.5, 0.6) is 11.5 Å². The summed E-state index contributed by atoms with van der Waals surface area (Å²) in [6.07, 6.45) is 0. The van der Waals surface area contributed by atoms with Gasteiger partial charge in [-0.15, -0.1) is 22.7 Å². The van der Waals surface area contributed by atoms with Gasteiger partial charge in [-0.1, -0.05) is 84.9 Å². The molecule has 0 bridgehead atoms. The molecule has 0 saturated heterocycles. The van der Waals surface area contributed by atoms with E-state index in [0.717, 1.165) is 22.3 Å². The number of fused-ring (bicyclic) bond motifs is 5. The number of rotatable bonds is 4. The Kier molecular flexibility index (Phi) is 6.23. The largest absolute Gasteiger partial charge is 0.508 e. The Bertz CT molecular complexity index is 2360. The lowest BCUT2D eigenvalue weighted by molar-refractivity contribution is 0.470. The molecule has 226 valence electrons. The van der Waals surface area contributed by atoms with E-state index >= 15 is 0 Å². The van der Waals surface area contributed by atoms with Gasteiger partial charge in [0.15, 0.2) is 0 Å². The zero-order valence-electron chi connectivity index (χ0n) is 25.9. The molecule has 9 rings (SSSR count). The van der Waals surface area contributed by atoms with Crippen molar-refractivity contribution in [2.45, 2.75) is 19.3 Å². The molecule has 0 spiro atoms. The Labute approximate surface area is 281 Å². The summed E-state index contributed by atoms with van der Waals surface area (Å²) in [4.78, 5) is 0. The van der Waals surface area contributed by atoms with Gasteiger partial charge in [-0.25, -0.2) is 0 Å². The summed E-state index contributed by atoms with van der Waals surface area (Å²) in [5.41, 5.74) is 12.8. The van der Waals surface area contributed by atoms with Gasteiger partial charge in [0.1, 0.15) is 11.5 Å². The van der Waals surface area contributed by atoms with Crippen molar-refractivity contribution in [3.63, 3.8) is 0 Å². The molecule has 1 aliphatic rings. The molecule has 0 atom stereocenters. The SMILES string of the molecule is Cc1cc(C2(c3ccc(O)c(C)c3)c3ccc(-c4csc5ccccc45)cc3-c3cc(-c4csc5ccccc45)ccc32)ccc1O. The first-order valence-corrected chi connectivity index (χ1v) is 17.5. The number of thiophene rings is 2. The first-order chi connectivity index (χ1) is 22.9. The highest BCUT2D eigenvalue weighted by Crippen LogP contribution is 2.58. The van der Waals surface area contributed by atoms with Gasteiger partial charge in [-0.05, 0) is 117 Å². The molecule has 0 saturated carbocycles. The van der Waals surface area contributed by atoms with Crippen LogP contribution in [0.15, 0.2) is 132 Å². The van der Waals surface area contributed by atoms with E-state index in [0.29, 0.717) is 0 Å². The zero-order valence-corrected chi connectivity index (χ0v) is 27.5. The van der Waals surface area contributed by atoms with Crippen LogP contribution < -0.4 is 0 Å². The van der Waals surface area contributed by atoms with Crippen LogP contribution in [0.25, 0.3) is 53.6 Å². The average molecular weight is 643 g/mol. The maximum Gasteiger partial charge on any atom is 0.118 e. The monoisotopic (exact) mass is 642 g/mol. The highest BCUT2D eigenvalue weighted by molar-refractivity contribution is 7.18. The summed E-state index contributed by atoms with van der Waals surface area (Å²) in [6, 6.07) is 43.1. The van der Waals surface area contributed by atoms with Crippen LogP contribution in [-0.2, 0) is 5.41 Å². The van der Waals surface area contributed by atoms with E-state index in [1.165, 1.54) is 64.7 Å². The number of phenolic OH excluding ortho intramolecular Hbond substituents is 2. The Morgan fingerprint density at radius 3 is 1.36 bits per heavy atom. The average Bonchev–Trinajstić information content (AvgIpc) is 3.80. The van der Waals surface area contributed by atoms with Gasteiger partial charge in [0.2, 0.25) is 0 Å². The van der Waals surface area contributed by atoms with Gasteiger partial charge in [-0.3, -0.25) is 0 Å². The Hall–Kier alpha value is -5.16. The van der Waals surface area contributed by atoms with Crippen molar-refractivity contribution >= 4 is 42.8 Å². The maximum atomic E-state index is 10.6. The molecule has 6 aromatic carbocycles. The van der Waals surface area contributed by atoms with Crippen molar-refractivity contribution in [1.29, 1.82) is 0 Å². The topological polar surface area (TPSA) is 40.5 Å². The Morgan fingerprint density at radius 2 is 0.915 bits per heavy atom. The molecule has 47 heavy (non-hydrogen) atoms. The molecular weight excluding hydrogens is 613 g/mol. The summed E-state index contributed by atoms with van der Waals surface area (Å²) in [6.45, 7) is 3.92. The second kappa shape index (κ2) is 10.4. The number of benzene rings is 6. The van der Waals surface area contributed by atoms with Crippen LogP contribution in [0.4, 0.5) is 0 Å². The first kappa shape index (κ1) is 28.1. The van der Waals surface area contributed by atoms with E-state index < -0.39 is 5.41 Å². The molecule has 8 aromatic rings. The number of aryl methyl sites for hydroxylation is 2. The fraction of sp³-hybridized carbons (Fsp3) is 0.0698. The predicted octanol–water partition coefficient (Wildman–Crippen LogP) is 11.8. The molecule has 0 radical (unpaired) electrons. The first-order valence-electron chi connectivity index (χ1n) is 15.8. The fourth-order valence-corrected chi connectivity index (χ4v) is 9.58. The van der Waals surface area contributed by atoms with Gasteiger partial charge < -0.3 is 10.2 Å². The van der Waals surface area contributed by atoms with Crippen molar-refractivity contribution in [3.05, 3.63) is 165 Å². The van der Waals surface area contributed by atoms with Crippen molar-refractivity contribution in [2.24, 2.45) is 0 Å². The zero-order chi connectivity index (χ0) is 31.9. The van der Waals surface area contributed by atoms with Gasteiger partial charge in [-0.2, -0.15) is 0 Å². The molecule has 0 aliphatic heterocycles. The molecular formula is C43H30O2S2. The molecule has 1 aliphatic carbocycles. The minimum absolute atomic E-state index is 0.281. The molecule has 4 heteroatoms. The lowest BCUT2D eigenvalue weighted by Crippen LogP contribution is -2.28. The molecule has 2 nitrogen and oxygen atoms in total. The number of hydrogen-bond acceptors (Lipinski definition) is 4. The highest BCUT2D eigenvalue weighted by atomic mass is 32.1. The summed E-state index contributed by atoms with van der Waals surface area (Å²) < 4.78 is 2.56.